The zero-order valence-corrected chi connectivity index (χ0v) is 8.13. The van der Waals surface area contributed by atoms with E-state index in [1.54, 1.807) is 6.20 Å². The monoisotopic (exact) mass is 272 g/mol. The van der Waals surface area contributed by atoms with Crippen molar-refractivity contribution < 1.29 is 8.42 Å². The molecule has 1 heterocycles. The molecule has 1 rings (SSSR count). The maximum absolute atomic E-state index is 10.8. The van der Waals surface area contributed by atoms with Gasteiger partial charge in [0.25, 0.3) is 0 Å². The average Bonchev–Trinajstić information content (AvgIpc) is 2.11. The minimum atomic E-state index is -3.12. The van der Waals surface area contributed by atoms with Crippen molar-refractivity contribution in [2.45, 2.75) is 5.03 Å². The summed E-state index contributed by atoms with van der Waals surface area (Å²) in [5.41, 5.74) is 0. The number of aromatic nitrogens is 2. The van der Waals surface area contributed by atoms with Gasteiger partial charge in [-0.3, -0.25) is 0 Å². The standard InChI is InChI=1S/C4H5IN2O2S/c1-10(8,9)4-2-3-7(5)6-4/h2-3H,1H3. The minimum absolute atomic E-state index is 0.113. The van der Waals surface area contributed by atoms with Crippen LogP contribution in [0.25, 0.3) is 0 Å². The molecule has 0 spiro atoms. The Labute approximate surface area is 72.6 Å². The summed E-state index contributed by atoms with van der Waals surface area (Å²) in [4.78, 5) is 0. The maximum atomic E-state index is 10.8. The van der Waals surface area contributed by atoms with E-state index in [0.717, 1.165) is 6.26 Å². The molecule has 10 heavy (non-hydrogen) atoms. The van der Waals surface area contributed by atoms with Crippen LogP contribution in [0.4, 0.5) is 0 Å². The third-order valence-corrected chi connectivity index (χ3v) is 2.43. The Balaban J connectivity index is 3.21. The van der Waals surface area contributed by atoms with E-state index in [4.69, 9.17) is 0 Å². The topological polar surface area (TPSA) is 52.0 Å². The molecule has 0 unspecified atom stereocenters. The molecule has 1 aromatic rings. The van der Waals surface area contributed by atoms with Crippen LogP contribution in [-0.2, 0) is 9.84 Å². The number of rotatable bonds is 1. The summed E-state index contributed by atoms with van der Waals surface area (Å²) < 4.78 is 23.0. The van der Waals surface area contributed by atoms with Gasteiger partial charge < -0.3 is 0 Å². The quantitative estimate of drug-likeness (QED) is 0.699. The zero-order valence-electron chi connectivity index (χ0n) is 5.15. The van der Waals surface area contributed by atoms with E-state index in [9.17, 15) is 8.42 Å². The van der Waals surface area contributed by atoms with Crippen molar-refractivity contribution in [1.29, 1.82) is 0 Å². The maximum Gasteiger partial charge on any atom is 0.194 e. The first-order valence-corrected chi connectivity index (χ1v) is 5.27. The van der Waals surface area contributed by atoms with Crippen LogP contribution < -0.4 is 0 Å². The van der Waals surface area contributed by atoms with Crippen LogP contribution in [0.5, 0.6) is 0 Å². The number of hydrogen-bond acceptors (Lipinski definition) is 3. The molecular weight excluding hydrogens is 267 g/mol. The Bertz CT molecular complexity index is 329. The molecule has 1 aromatic heterocycles. The van der Waals surface area contributed by atoms with E-state index in [0.29, 0.717) is 0 Å². The van der Waals surface area contributed by atoms with Crippen LogP contribution in [-0.4, -0.2) is 22.7 Å². The van der Waals surface area contributed by atoms with Gasteiger partial charge in [-0.25, -0.2) is 11.3 Å². The highest BCUT2D eigenvalue weighted by Gasteiger charge is 2.08. The number of nitrogens with zero attached hydrogens (tertiary/aromatic N) is 2. The van der Waals surface area contributed by atoms with Crippen molar-refractivity contribution >= 4 is 32.7 Å². The fraction of sp³-hybridized carbons (Fsp3) is 0.250. The van der Waals surface area contributed by atoms with Crippen molar-refractivity contribution in [1.82, 2.24) is 7.99 Å². The lowest BCUT2D eigenvalue weighted by molar-refractivity contribution is 0.597. The molecule has 0 bridgehead atoms. The molecule has 0 aromatic carbocycles. The Kier molecular flexibility index (Phi) is 1.99. The molecule has 0 aliphatic heterocycles. The van der Waals surface area contributed by atoms with Gasteiger partial charge >= 0.3 is 0 Å². The van der Waals surface area contributed by atoms with Crippen molar-refractivity contribution in [2.24, 2.45) is 0 Å². The molecular formula is C4H5IN2O2S. The van der Waals surface area contributed by atoms with Gasteiger partial charge in [-0.2, -0.15) is 5.10 Å². The van der Waals surface area contributed by atoms with Gasteiger partial charge in [0.1, 0.15) is 0 Å². The van der Waals surface area contributed by atoms with Crippen molar-refractivity contribution in [2.75, 3.05) is 6.26 Å². The predicted octanol–water partition coefficient (Wildman–Crippen LogP) is 0.485. The van der Waals surface area contributed by atoms with Crippen molar-refractivity contribution in [3.8, 4) is 0 Å². The summed E-state index contributed by atoms with van der Waals surface area (Å²) >= 11 is 1.88. The van der Waals surface area contributed by atoms with E-state index in [-0.39, 0.29) is 5.03 Å². The molecule has 0 aliphatic carbocycles. The second kappa shape index (κ2) is 2.50. The lowest BCUT2D eigenvalue weighted by atomic mass is 10.8. The van der Waals surface area contributed by atoms with Crippen LogP contribution in [0.15, 0.2) is 17.3 Å². The zero-order chi connectivity index (χ0) is 7.78. The van der Waals surface area contributed by atoms with Crippen LogP contribution in [0.2, 0.25) is 0 Å². The van der Waals surface area contributed by atoms with Gasteiger partial charge in [0.15, 0.2) is 14.9 Å². The fourth-order valence-electron chi connectivity index (χ4n) is 0.484. The van der Waals surface area contributed by atoms with E-state index in [2.05, 4.69) is 5.10 Å². The Hall–Kier alpha value is -0.110. The van der Waals surface area contributed by atoms with Gasteiger partial charge in [0, 0.05) is 12.5 Å². The van der Waals surface area contributed by atoms with Crippen LogP contribution in [0.3, 0.4) is 0 Å². The lowest BCUT2D eigenvalue weighted by Gasteiger charge is -1.86. The summed E-state index contributed by atoms with van der Waals surface area (Å²) in [7, 11) is -3.12. The first-order valence-electron chi connectivity index (χ1n) is 2.42. The minimum Gasteiger partial charge on any atom is -0.222 e. The summed E-state index contributed by atoms with van der Waals surface area (Å²) in [5, 5.41) is 3.81. The molecule has 0 saturated carbocycles. The van der Waals surface area contributed by atoms with E-state index < -0.39 is 9.84 Å². The van der Waals surface area contributed by atoms with Gasteiger partial charge in [-0.15, -0.1) is 0 Å². The number of hydrogen-bond donors (Lipinski definition) is 0. The molecule has 0 N–H and O–H groups in total. The van der Waals surface area contributed by atoms with Gasteiger partial charge in [-0.05, 0) is 6.07 Å². The van der Waals surface area contributed by atoms with E-state index in [1.165, 1.54) is 8.96 Å². The summed E-state index contributed by atoms with van der Waals surface area (Å²) in [6.07, 6.45) is 2.71. The second-order valence-electron chi connectivity index (χ2n) is 1.81. The molecule has 0 radical (unpaired) electrons. The van der Waals surface area contributed by atoms with Crippen molar-refractivity contribution in [3.63, 3.8) is 0 Å². The molecule has 0 amide bonds. The fourth-order valence-corrected chi connectivity index (χ4v) is 1.57. The van der Waals surface area contributed by atoms with Crippen molar-refractivity contribution in [3.05, 3.63) is 12.3 Å². The van der Waals surface area contributed by atoms with E-state index in [1.807, 2.05) is 22.9 Å². The smallest absolute Gasteiger partial charge is 0.194 e. The molecule has 0 aliphatic rings. The second-order valence-corrected chi connectivity index (χ2v) is 4.77. The molecule has 0 fully saturated rings. The molecule has 0 atom stereocenters. The van der Waals surface area contributed by atoms with Crippen LogP contribution in [0.1, 0.15) is 0 Å². The summed E-state index contributed by atoms with van der Waals surface area (Å²) in [5.74, 6) is 0. The summed E-state index contributed by atoms with van der Waals surface area (Å²) in [6.45, 7) is 0. The molecule has 56 valence electrons. The van der Waals surface area contributed by atoms with Gasteiger partial charge in [0.2, 0.25) is 0 Å². The normalized spacial score (nSPS) is 11.8. The predicted molar refractivity (Wildman–Crippen MR) is 44.8 cm³/mol. The lowest BCUT2D eigenvalue weighted by Crippen LogP contribution is -1.97. The Morgan fingerprint density at radius 3 is 2.50 bits per heavy atom. The highest BCUT2D eigenvalue weighted by Crippen LogP contribution is 2.05. The third kappa shape index (κ3) is 1.69. The number of halogens is 1. The van der Waals surface area contributed by atoms with Gasteiger partial charge in [-0.1, -0.05) is 0 Å². The largest absolute Gasteiger partial charge is 0.222 e. The highest BCUT2D eigenvalue weighted by molar-refractivity contribution is 14.1. The Morgan fingerprint density at radius 2 is 2.30 bits per heavy atom. The average molecular weight is 272 g/mol. The SMILES string of the molecule is CS(=O)(=O)c1ccn(I)n1. The number of sulfone groups is 1. The van der Waals surface area contributed by atoms with Gasteiger partial charge in [0.05, 0.1) is 22.9 Å². The molecule has 6 heteroatoms. The third-order valence-electron chi connectivity index (χ3n) is 0.914. The van der Waals surface area contributed by atoms with Crippen LogP contribution >= 0.6 is 22.9 Å². The molecule has 0 saturated heterocycles. The Morgan fingerprint density at radius 1 is 1.70 bits per heavy atom. The first kappa shape index (κ1) is 7.99. The van der Waals surface area contributed by atoms with Crippen LogP contribution in [0, 0.1) is 0 Å². The molecule has 4 nitrogen and oxygen atoms in total. The summed E-state index contributed by atoms with van der Waals surface area (Å²) in [6, 6.07) is 1.46. The first-order chi connectivity index (χ1) is 4.50. The highest BCUT2D eigenvalue weighted by atomic mass is 127. The van der Waals surface area contributed by atoms with E-state index >= 15 is 0 Å².